The summed E-state index contributed by atoms with van der Waals surface area (Å²) >= 11 is 11.4. The third kappa shape index (κ3) is 2.90. The first-order valence-corrected chi connectivity index (χ1v) is 6.09. The molecule has 0 radical (unpaired) electrons. The van der Waals surface area contributed by atoms with Gasteiger partial charge in [-0.15, -0.1) is 11.6 Å². The highest BCUT2D eigenvalue weighted by atomic mass is 35.5. The predicted octanol–water partition coefficient (Wildman–Crippen LogP) is 4.03. The van der Waals surface area contributed by atoms with Crippen LogP contribution in [-0.2, 0) is 13.0 Å². The zero-order valence-corrected chi connectivity index (χ0v) is 10.6. The molecule has 1 aromatic carbocycles. The number of aromatic nitrogens is 2. The Kier molecular flexibility index (Phi) is 3.73. The lowest BCUT2D eigenvalue weighted by molar-refractivity contribution is -0.140. The van der Waals surface area contributed by atoms with Crippen molar-refractivity contribution in [2.24, 2.45) is 0 Å². The molecule has 0 aliphatic heterocycles. The maximum absolute atomic E-state index is 12.6. The Bertz CT molecular complexity index is 563. The molecule has 2 nitrogen and oxygen atoms in total. The van der Waals surface area contributed by atoms with E-state index in [1.54, 1.807) is 12.1 Å². The van der Waals surface area contributed by atoms with Crippen molar-refractivity contribution in [3.8, 4) is 0 Å². The fourth-order valence-corrected chi connectivity index (χ4v) is 2.11. The minimum absolute atomic E-state index is 0.217. The molecule has 0 amide bonds. The van der Waals surface area contributed by atoms with Gasteiger partial charge in [0.25, 0.3) is 0 Å². The van der Waals surface area contributed by atoms with Crippen molar-refractivity contribution < 1.29 is 13.2 Å². The summed E-state index contributed by atoms with van der Waals surface area (Å²) in [5.74, 6) is 0.536. The molecule has 7 heteroatoms. The maximum Gasteiger partial charge on any atom is 0.406 e. The van der Waals surface area contributed by atoms with E-state index in [1.165, 1.54) is 6.07 Å². The molecule has 1 aromatic heterocycles. The molecule has 18 heavy (non-hydrogen) atoms. The average Bonchev–Trinajstić information content (AvgIpc) is 2.56. The summed E-state index contributed by atoms with van der Waals surface area (Å²) in [5.41, 5.74) is 0.865. The van der Waals surface area contributed by atoms with E-state index in [2.05, 4.69) is 4.98 Å². The van der Waals surface area contributed by atoms with Crippen LogP contribution in [0.1, 0.15) is 5.82 Å². The molecule has 1 heterocycles. The minimum atomic E-state index is -4.31. The van der Waals surface area contributed by atoms with Gasteiger partial charge in [0.1, 0.15) is 12.4 Å². The van der Waals surface area contributed by atoms with Crippen LogP contribution in [0.4, 0.5) is 13.2 Å². The van der Waals surface area contributed by atoms with Crippen LogP contribution in [0, 0.1) is 0 Å². The van der Waals surface area contributed by atoms with Crippen LogP contribution in [0.3, 0.4) is 0 Å². The first-order valence-electron chi connectivity index (χ1n) is 5.18. The highest BCUT2D eigenvalue weighted by Crippen LogP contribution is 2.26. The zero-order valence-electron chi connectivity index (χ0n) is 9.14. The summed E-state index contributed by atoms with van der Waals surface area (Å²) < 4.78 is 38.8. The van der Waals surface area contributed by atoms with E-state index in [4.69, 9.17) is 23.2 Å². The fourth-order valence-electron chi connectivity index (χ4n) is 1.78. The van der Waals surface area contributed by atoms with E-state index in [0.29, 0.717) is 21.9 Å². The van der Waals surface area contributed by atoms with Gasteiger partial charge in [-0.2, -0.15) is 13.2 Å². The average molecular weight is 297 g/mol. The SMILES string of the molecule is FC(F)(F)Cn1c(CCCl)nc2ccc(Cl)cc21. The van der Waals surface area contributed by atoms with Crippen LogP contribution < -0.4 is 0 Å². The Balaban J connectivity index is 2.57. The van der Waals surface area contributed by atoms with E-state index >= 15 is 0 Å². The molecule has 0 N–H and O–H groups in total. The highest BCUT2D eigenvalue weighted by molar-refractivity contribution is 6.31. The van der Waals surface area contributed by atoms with Crippen LogP contribution in [-0.4, -0.2) is 21.6 Å². The molecule has 0 unspecified atom stereocenters. The van der Waals surface area contributed by atoms with Gasteiger partial charge < -0.3 is 4.57 Å². The van der Waals surface area contributed by atoms with Crippen molar-refractivity contribution in [1.29, 1.82) is 0 Å². The molecule has 98 valence electrons. The number of benzene rings is 1. The molecule has 2 rings (SSSR count). The Hall–Kier alpha value is -0.940. The van der Waals surface area contributed by atoms with Crippen molar-refractivity contribution in [3.63, 3.8) is 0 Å². The van der Waals surface area contributed by atoms with Crippen LogP contribution in [0.2, 0.25) is 5.02 Å². The monoisotopic (exact) mass is 296 g/mol. The predicted molar refractivity (Wildman–Crippen MR) is 65.2 cm³/mol. The molecule has 0 saturated carbocycles. The first-order chi connectivity index (χ1) is 8.40. The lowest BCUT2D eigenvalue weighted by atomic mass is 10.3. The summed E-state index contributed by atoms with van der Waals surface area (Å²) in [6.45, 7) is -1.09. The third-order valence-electron chi connectivity index (χ3n) is 2.44. The molecule has 0 fully saturated rings. The zero-order chi connectivity index (χ0) is 13.3. The lowest BCUT2D eigenvalue weighted by Crippen LogP contribution is -2.19. The van der Waals surface area contributed by atoms with Crippen LogP contribution in [0.5, 0.6) is 0 Å². The third-order valence-corrected chi connectivity index (χ3v) is 2.87. The Morgan fingerprint density at radius 2 is 2.00 bits per heavy atom. The summed E-state index contributed by atoms with van der Waals surface area (Å²) in [5, 5.41) is 0.378. The van der Waals surface area contributed by atoms with Crippen LogP contribution in [0.15, 0.2) is 18.2 Å². The molecule has 0 aliphatic rings. The van der Waals surface area contributed by atoms with Crippen molar-refractivity contribution in [2.45, 2.75) is 19.1 Å². The number of rotatable bonds is 3. The Morgan fingerprint density at radius 1 is 1.28 bits per heavy atom. The van der Waals surface area contributed by atoms with Gasteiger partial charge in [0.15, 0.2) is 0 Å². The van der Waals surface area contributed by atoms with Gasteiger partial charge in [-0.05, 0) is 18.2 Å². The minimum Gasteiger partial charge on any atom is -0.319 e. The quantitative estimate of drug-likeness (QED) is 0.782. The van der Waals surface area contributed by atoms with Crippen molar-refractivity contribution in [2.75, 3.05) is 5.88 Å². The van der Waals surface area contributed by atoms with Crippen molar-refractivity contribution in [3.05, 3.63) is 29.0 Å². The van der Waals surface area contributed by atoms with E-state index in [1.807, 2.05) is 0 Å². The molecular weight excluding hydrogens is 288 g/mol. The van der Waals surface area contributed by atoms with E-state index in [0.717, 1.165) is 4.57 Å². The van der Waals surface area contributed by atoms with Gasteiger partial charge in [-0.1, -0.05) is 11.6 Å². The number of nitrogens with zero attached hydrogens (tertiary/aromatic N) is 2. The molecule has 0 saturated heterocycles. The Labute approximate surface area is 111 Å². The van der Waals surface area contributed by atoms with E-state index in [9.17, 15) is 13.2 Å². The number of imidazole rings is 1. The number of aryl methyl sites for hydroxylation is 1. The summed E-state index contributed by atoms with van der Waals surface area (Å²) in [6, 6.07) is 4.68. The van der Waals surface area contributed by atoms with Gasteiger partial charge in [0.2, 0.25) is 0 Å². The maximum atomic E-state index is 12.6. The molecule has 0 atom stereocenters. The lowest BCUT2D eigenvalue weighted by Gasteiger charge is -2.11. The summed E-state index contributed by atoms with van der Waals surface area (Å²) in [4.78, 5) is 4.15. The molecule has 0 bridgehead atoms. The summed E-state index contributed by atoms with van der Waals surface area (Å²) in [6.07, 6.45) is -4.03. The topological polar surface area (TPSA) is 17.8 Å². The largest absolute Gasteiger partial charge is 0.406 e. The molecule has 0 spiro atoms. The van der Waals surface area contributed by atoms with E-state index < -0.39 is 12.7 Å². The number of alkyl halides is 4. The van der Waals surface area contributed by atoms with Gasteiger partial charge in [0.05, 0.1) is 11.0 Å². The number of fused-ring (bicyclic) bond motifs is 1. The normalized spacial score (nSPS) is 12.3. The van der Waals surface area contributed by atoms with Crippen LogP contribution >= 0.6 is 23.2 Å². The smallest absolute Gasteiger partial charge is 0.319 e. The van der Waals surface area contributed by atoms with Crippen molar-refractivity contribution >= 4 is 34.2 Å². The second kappa shape index (κ2) is 4.97. The Morgan fingerprint density at radius 3 is 2.61 bits per heavy atom. The second-order valence-electron chi connectivity index (χ2n) is 3.80. The number of halogens is 5. The van der Waals surface area contributed by atoms with Crippen molar-refractivity contribution in [1.82, 2.24) is 9.55 Å². The first kappa shape index (κ1) is 13.5. The highest BCUT2D eigenvalue weighted by Gasteiger charge is 2.30. The van der Waals surface area contributed by atoms with Gasteiger partial charge in [0, 0.05) is 17.3 Å². The fraction of sp³-hybridized carbons (Fsp3) is 0.364. The number of hydrogen-bond donors (Lipinski definition) is 0. The molecular formula is C11H9Cl2F3N2. The van der Waals surface area contributed by atoms with Crippen LogP contribution in [0.25, 0.3) is 11.0 Å². The number of hydrogen-bond acceptors (Lipinski definition) is 1. The summed E-state index contributed by atoms with van der Waals surface area (Å²) in [7, 11) is 0. The van der Waals surface area contributed by atoms with Gasteiger partial charge in [-0.3, -0.25) is 0 Å². The second-order valence-corrected chi connectivity index (χ2v) is 4.62. The molecule has 0 aliphatic carbocycles. The van der Waals surface area contributed by atoms with Gasteiger partial charge >= 0.3 is 6.18 Å². The molecule has 2 aromatic rings. The van der Waals surface area contributed by atoms with E-state index in [-0.39, 0.29) is 12.3 Å². The van der Waals surface area contributed by atoms with Gasteiger partial charge in [-0.25, -0.2) is 4.98 Å². The standard InChI is InChI=1S/C11H9Cl2F3N2/c12-4-3-10-17-8-2-1-7(13)5-9(8)18(10)6-11(14,15)16/h1-2,5H,3-4,6H2.